The summed E-state index contributed by atoms with van der Waals surface area (Å²) in [6, 6.07) is 14.0. The van der Waals surface area contributed by atoms with Gasteiger partial charge < -0.3 is 0 Å². The van der Waals surface area contributed by atoms with Gasteiger partial charge in [0.2, 0.25) is 11.8 Å². The Morgan fingerprint density at radius 2 is 1.52 bits per heavy atom. The molecule has 6 rings (SSSR count). The minimum atomic E-state index is -1.65. The van der Waals surface area contributed by atoms with Gasteiger partial charge in [-0.3, -0.25) is 14.9 Å². The fraction of sp³-hybridized carbons (Fsp3) is 0.300. The Balaban J connectivity index is 1.74. The Morgan fingerprint density at radius 1 is 0.920 bits per heavy atom. The van der Waals surface area contributed by atoms with E-state index in [1.807, 2.05) is 42.5 Å². The number of imide groups is 1. The maximum absolute atomic E-state index is 12.7. The summed E-state index contributed by atoms with van der Waals surface area (Å²) in [6.45, 7) is 0. The standard InChI is InChI=1S/C20H13N3O2/c21-9-19-14-6-7-15(20(19,10-22)18(25)23-17(19)24)16-12(8-13(14)16)11-4-2-1-3-5-11/h1-8,13-16H,(H,23,24,25)/t13-,14+,15+,16+,19+,20+/m1/s1. The third-order valence-corrected chi connectivity index (χ3v) is 6.50. The smallest absolute Gasteiger partial charge is 0.249 e. The molecule has 5 nitrogen and oxygen atoms in total. The molecule has 0 radical (unpaired) electrons. The second kappa shape index (κ2) is 4.26. The summed E-state index contributed by atoms with van der Waals surface area (Å²) in [6.07, 6.45) is 5.83. The predicted molar refractivity (Wildman–Crippen MR) is 86.8 cm³/mol. The first kappa shape index (κ1) is 14.2. The molecule has 4 aliphatic carbocycles. The van der Waals surface area contributed by atoms with Crippen LogP contribution in [0.5, 0.6) is 0 Å². The Labute approximate surface area is 144 Å². The molecule has 1 saturated heterocycles. The van der Waals surface area contributed by atoms with Crippen molar-refractivity contribution < 1.29 is 9.59 Å². The molecule has 0 aromatic heterocycles. The molecule has 2 bridgehead atoms. The highest BCUT2D eigenvalue weighted by Gasteiger charge is 2.80. The van der Waals surface area contributed by atoms with Gasteiger partial charge in [0.1, 0.15) is 0 Å². The topological polar surface area (TPSA) is 93.8 Å². The number of nitriles is 2. The van der Waals surface area contributed by atoms with Crippen LogP contribution in [-0.2, 0) is 9.59 Å². The fourth-order valence-corrected chi connectivity index (χ4v) is 5.44. The van der Waals surface area contributed by atoms with Crippen LogP contribution < -0.4 is 5.32 Å². The van der Waals surface area contributed by atoms with E-state index in [9.17, 15) is 20.1 Å². The highest BCUT2D eigenvalue weighted by Crippen LogP contribution is 2.71. The molecule has 5 aliphatic rings. The summed E-state index contributed by atoms with van der Waals surface area (Å²) in [4.78, 5) is 25.3. The summed E-state index contributed by atoms with van der Waals surface area (Å²) in [7, 11) is 0. The van der Waals surface area contributed by atoms with E-state index >= 15 is 0 Å². The van der Waals surface area contributed by atoms with Gasteiger partial charge in [0, 0.05) is 11.8 Å². The van der Waals surface area contributed by atoms with Crippen molar-refractivity contribution in [2.45, 2.75) is 0 Å². The first-order chi connectivity index (χ1) is 12.1. The minimum absolute atomic E-state index is 0.00276. The molecular weight excluding hydrogens is 314 g/mol. The Kier molecular flexibility index (Phi) is 2.42. The monoisotopic (exact) mass is 327 g/mol. The molecule has 1 aromatic rings. The SMILES string of the molecule is N#C[C@]12C(=O)NC(=O)[C@]1(C#N)[C@H]1C=C[C@H]2[C@H]2C=C(c3ccccc3)[C@@H]21. The molecule has 5 heteroatoms. The second-order valence-electron chi connectivity index (χ2n) is 7.15. The maximum atomic E-state index is 12.7. The second-order valence-corrected chi connectivity index (χ2v) is 7.15. The molecule has 0 spiro atoms. The quantitative estimate of drug-likeness (QED) is 0.629. The van der Waals surface area contributed by atoms with E-state index in [2.05, 4.69) is 23.5 Å². The zero-order chi connectivity index (χ0) is 17.4. The third-order valence-electron chi connectivity index (χ3n) is 6.50. The van der Waals surface area contributed by atoms with E-state index < -0.39 is 34.5 Å². The molecule has 1 heterocycles. The van der Waals surface area contributed by atoms with E-state index in [1.54, 1.807) is 0 Å². The van der Waals surface area contributed by atoms with Crippen molar-refractivity contribution in [1.82, 2.24) is 5.32 Å². The number of benzene rings is 1. The zero-order valence-electron chi connectivity index (χ0n) is 13.1. The summed E-state index contributed by atoms with van der Waals surface area (Å²) in [5.74, 6) is -2.19. The van der Waals surface area contributed by atoms with Gasteiger partial charge in [-0.1, -0.05) is 48.6 Å². The number of allylic oxidation sites excluding steroid dienone is 4. The summed E-state index contributed by atoms with van der Waals surface area (Å²) in [5.41, 5.74) is -1.12. The third kappa shape index (κ3) is 1.25. The Hall–Kier alpha value is -3.18. The molecule has 1 saturated carbocycles. The van der Waals surface area contributed by atoms with Crippen LogP contribution in [0.3, 0.4) is 0 Å². The van der Waals surface area contributed by atoms with Crippen LogP contribution >= 0.6 is 0 Å². The lowest BCUT2D eigenvalue weighted by Crippen LogP contribution is -2.64. The molecule has 2 fully saturated rings. The van der Waals surface area contributed by atoms with Crippen molar-refractivity contribution in [3.63, 3.8) is 0 Å². The van der Waals surface area contributed by atoms with Gasteiger partial charge >= 0.3 is 0 Å². The van der Waals surface area contributed by atoms with E-state index in [1.165, 1.54) is 0 Å². The Morgan fingerprint density at radius 3 is 2.16 bits per heavy atom. The normalized spacial score (nSPS) is 42.4. The Bertz CT molecular complexity index is 980. The number of rotatable bonds is 1. The van der Waals surface area contributed by atoms with Gasteiger partial charge in [0.25, 0.3) is 0 Å². The van der Waals surface area contributed by atoms with Crippen molar-refractivity contribution in [2.75, 3.05) is 0 Å². The molecule has 2 amide bonds. The van der Waals surface area contributed by atoms with E-state index in [0.717, 1.165) is 11.1 Å². The fourth-order valence-electron chi connectivity index (χ4n) is 5.44. The van der Waals surface area contributed by atoms with Gasteiger partial charge in [0.15, 0.2) is 10.8 Å². The van der Waals surface area contributed by atoms with Crippen LogP contribution in [0.15, 0.2) is 48.6 Å². The molecule has 120 valence electrons. The number of carbonyl (C=O) groups is 2. The minimum Gasteiger partial charge on any atom is -0.293 e. The van der Waals surface area contributed by atoms with Gasteiger partial charge in [-0.25, -0.2) is 0 Å². The lowest BCUT2D eigenvalue weighted by molar-refractivity contribution is -0.142. The lowest BCUT2D eigenvalue weighted by Gasteiger charge is -2.60. The predicted octanol–water partition coefficient (Wildman–Crippen LogP) is 1.81. The van der Waals surface area contributed by atoms with Gasteiger partial charge in [-0.15, -0.1) is 0 Å². The van der Waals surface area contributed by atoms with Crippen LogP contribution in [0.2, 0.25) is 0 Å². The van der Waals surface area contributed by atoms with Gasteiger partial charge in [0.05, 0.1) is 12.1 Å². The number of nitrogens with zero attached hydrogens (tertiary/aromatic N) is 2. The van der Waals surface area contributed by atoms with E-state index in [4.69, 9.17) is 0 Å². The summed E-state index contributed by atoms with van der Waals surface area (Å²) in [5, 5.41) is 22.2. The molecule has 1 aromatic carbocycles. The first-order valence-corrected chi connectivity index (χ1v) is 8.25. The molecule has 1 N–H and O–H groups in total. The van der Waals surface area contributed by atoms with Crippen molar-refractivity contribution in [2.24, 2.45) is 34.5 Å². The van der Waals surface area contributed by atoms with Crippen LogP contribution in [0.25, 0.3) is 5.57 Å². The number of amides is 2. The number of hydrogen-bond donors (Lipinski definition) is 1. The van der Waals surface area contributed by atoms with Crippen LogP contribution in [0.4, 0.5) is 0 Å². The highest BCUT2D eigenvalue weighted by molar-refractivity contribution is 6.14. The summed E-state index contributed by atoms with van der Waals surface area (Å²) < 4.78 is 0. The van der Waals surface area contributed by atoms with Crippen LogP contribution in [0.1, 0.15) is 5.56 Å². The van der Waals surface area contributed by atoms with Gasteiger partial charge in [-0.05, 0) is 23.0 Å². The number of hydrogen-bond acceptors (Lipinski definition) is 4. The molecular formula is C20H13N3O2. The van der Waals surface area contributed by atoms with Crippen molar-refractivity contribution in [3.05, 3.63) is 54.1 Å². The lowest BCUT2D eigenvalue weighted by atomic mass is 9.37. The first-order valence-electron chi connectivity index (χ1n) is 8.25. The number of carbonyl (C=O) groups excluding carboxylic acids is 2. The molecule has 25 heavy (non-hydrogen) atoms. The maximum Gasteiger partial charge on any atom is 0.249 e. The van der Waals surface area contributed by atoms with Crippen LogP contribution in [0, 0.1) is 57.2 Å². The average molecular weight is 327 g/mol. The summed E-state index contributed by atoms with van der Waals surface area (Å²) >= 11 is 0. The van der Waals surface area contributed by atoms with Crippen molar-refractivity contribution >= 4 is 17.4 Å². The zero-order valence-corrected chi connectivity index (χ0v) is 13.1. The van der Waals surface area contributed by atoms with Crippen molar-refractivity contribution in [1.29, 1.82) is 10.5 Å². The highest BCUT2D eigenvalue weighted by atomic mass is 16.2. The van der Waals surface area contributed by atoms with Crippen LogP contribution in [-0.4, -0.2) is 11.8 Å². The average Bonchev–Trinajstić information content (AvgIpc) is 2.85. The molecule has 1 aliphatic heterocycles. The largest absolute Gasteiger partial charge is 0.293 e. The van der Waals surface area contributed by atoms with E-state index in [0.29, 0.717) is 0 Å². The molecule has 0 unspecified atom stereocenters. The molecule has 6 atom stereocenters. The van der Waals surface area contributed by atoms with Crippen molar-refractivity contribution in [3.8, 4) is 12.1 Å². The van der Waals surface area contributed by atoms with Gasteiger partial charge in [-0.2, -0.15) is 10.5 Å². The van der Waals surface area contributed by atoms with E-state index in [-0.39, 0.29) is 11.8 Å². The number of nitrogens with one attached hydrogen (secondary N) is 1.